The van der Waals surface area contributed by atoms with E-state index in [2.05, 4.69) is 10.2 Å². The third kappa shape index (κ3) is 3.13. The van der Waals surface area contributed by atoms with Gasteiger partial charge in [-0.25, -0.2) is 4.39 Å². The standard InChI is InChI=1S/C18H21FN2O/c1-13-2-7-17(22)16(12-13)18(21-10-8-20-9-11-21)14-3-5-15(19)6-4-14/h2-7,12,18,20,22H,8-11H2,1H3. The number of aryl methyl sites for hydroxylation is 1. The molecule has 2 aromatic carbocycles. The highest BCUT2D eigenvalue weighted by atomic mass is 19.1. The third-order valence-corrected chi connectivity index (χ3v) is 4.18. The predicted octanol–water partition coefficient (Wildman–Crippen LogP) is 2.83. The van der Waals surface area contributed by atoms with Crippen LogP contribution in [0.1, 0.15) is 22.7 Å². The molecule has 3 rings (SSSR count). The number of phenols is 1. The van der Waals surface area contributed by atoms with Gasteiger partial charge < -0.3 is 10.4 Å². The van der Waals surface area contributed by atoms with Crippen LogP contribution < -0.4 is 5.32 Å². The molecule has 1 fully saturated rings. The highest BCUT2D eigenvalue weighted by Crippen LogP contribution is 2.35. The minimum absolute atomic E-state index is 0.0531. The Labute approximate surface area is 130 Å². The molecule has 1 heterocycles. The first kappa shape index (κ1) is 15.0. The fourth-order valence-electron chi connectivity index (χ4n) is 3.07. The average Bonchev–Trinajstić information content (AvgIpc) is 2.54. The normalized spacial score (nSPS) is 17.4. The number of hydrogen-bond acceptors (Lipinski definition) is 3. The van der Waals surface area contributed by atoms with Crippen LogP contribution in [0.25, 0.3) is 0 Å². The molecule has 2 aromatic rings. The van der Waals surface area contributed by atoms with Gasteiger partial charge in [-0.2, -0.15) is 0 Å². The Balaban J connectivity index is 2.05. The quantitative estimate of drug-likeness (QED) is 0.915. The summed E-state index contributed by atoms with van der Waals surface area (Å²) in [5, 5.41) is 13.7. The molecule has 1 atom stereocenters. The molecular weight excluding hydrogens is 279 g/mol. The number of nitrogens with one attached hydrogen (secondary N) is 1. The van der Waals surface area contributed by atoms with Crippen LogP contribution >= 0.6 is 0 Å². The number of nitrogens with zero attached hydrogens (tertiary/aromatic N) is 1. The lowest BCUT2D eigenvalue weighted by atomic mass is 9.94. The molecule has 0 radical (unpaired) electrons. The molecule has 0 amide bonds. The molecule has 1 aliphatic rings. The van der Waals surface area contributed by atoms with Crippen molar-refractivity contribution < 1.29 is 9.50 Å². The van der Waals surface area contributed by atoms with E-state index >= 15 is 0 Å². The highest BCUT2D eigenvalue weighted by molar-refractivity contribution is 5.43. The fourth-order valence-corrected chi connectivity index (χ4v) is 3.07. The van der Waals surface area contributed by atoms with Crippen molar-refractivity contribution in [3.8, 4) is 5.75 Å². The summed E-state index contributed by atoms with van der Waals surface area (Å²) < 4.78 is 13.3. The van der Waals surface area contributed by atoms with E-state index in [9.17, 15) is 9.50 Å². The first-order valence-corrected chi connectivity index (χ1v) is 7.65. The van der Waals surface area contributed by atoms with Crippen molar-refractivity contribution in [1.29, 1.82) is 0 Å². The molecule has 1 unspecified atom stereocenters. The van der Waals surface area contributed by atoms with Gasteiger partial charge in [0.05, 0.1) is 6.04 Å². The molecular formula is C18H21FN2O. The van der Waals surface area contributed by atoms with Crippen molar-refractivity contribution >= 4 is 0 Å². The maximum absolute atomic E-state index is 13.3. The maximum Gasteiger partial charge on any atom is 0.123 e. The summed E-state index contributed by atoms with van der Waals surface area (Å²) in [6.45, 7) is 5.65. The number of benzene rings is 2. The Morgan fingerprint density at radius 3 is 2.45 bits per heavy atom. The monoisotopic (exact) mass is 300 g/mol. The molecule has 22 heavy (non-hydrogen) atoms. The van der Waals surface area contributed by atoms with Crippen LogP contribution in [0.15, 0.2) is 42.5 Å². The van der Waals surface area contributed by atoms with Gasteiger partial charge in [-0.3, -0.25) is 4.90 Å². The zero-order valence-electron chi connectivity index (χ0n) is 12.7. The number of piperazine rings is 1. The van der Waals surface area contributed by atoms with Crippen molar-refractivity contribution in [2.24, 2.45) is 0 Å². The predicted molar refractivity (Wildman–Crippen MR) is 85.5 cm³/mol. The Kier molecular flexibility index (Phi) is 4.41. The second-order valence-corrected chi connectivity index (χ2v) is 5.80. The topological polar surface area (TPSA) is 35.5 Å². The molecule has 116 valence electrons. The van der Waals surface area contributed by atoms with E-state index in [1.807, 2.05) is 31.2 Å². The lowest BCUT2D eigenvalue weighted by Gasteiger charge is -2.36. The number of rotatable bonds is 3. The van der Waals surface area contributed by atoms with Crippen molar-refractivity contribution in [2.75, 3.05) is 26.2 Å². The zero-order valence-corrected chi connectivity index (χ0v) is 12.7. The Bertz CT molecular complexity index is 636. The minimum Gasteiger partial charge on any atom is -0.508 e. The molecule has 1 aliphatic heterocycles. The molecule has 0 aromatic heterocycles. The SMILES string of the molecule is Cc1ccc(O)c(C(c2ccc(F)cc2)N2CCNCC2)c1. The summed E-state index contributed by atoms with van der Waals surface area (Å²) in [6.07, 6.45) is 0. The second kappa shape index (κ2) is 6.46. The van der Waals surface area contributed by atoms with Crippen molar-refractivity contribution in [1.82, 2.24) is 10.2 Å². The molecule has 1 saturated heterocycles. The van der Waals surface area contributed by atoms with Gasteiger partial charge in [0.15, 0.2) is 0 Å². The number of phenolic OH excluding ortho intramolecular Hbond substituents is 1. The van der Waals surface area contributed by atoms with Crippen LogP contribution in [0.5, 0.6) is 5.75 Å². The molecule has 4 heteroatoms. The number of aromatic hydroxyl groups is 1. The van der Waals surface area contributed by atoms with E-state index < -0.39 is 0 Å². The Morgan fingerprint density at radius 2 is 1.77 bits per heavy atom. The molecule has 0 saturated carbocycles. The van der Waals surface area contributed by atoms with Crippen molar-refractivity contribution in [3.05, 3.63) is 65.0 Å². The van der Waals surface area contributed by atoms with Gasteiger partial charge in [-0.15, -0.1) is 0 Å². The summed E-state index contributed by atoms with van der Waals surface area (Å²) in [5.74, 6) is 0.0507. The van der Waals surface area contributed by atoms with Gasteiger partial charge in [0.1, 0.15) is 11.6 Å². The van der Waals surface area contributed by atoms with E-state index in [0.29, 0.717) is 5.75 Å². The first-order valence-electron chi connectivity index (χ1n) is 7.65. The summed E-state index contributed by atoms with van der Waals surface area (Å²) in [6, 6.07) is 12.2. The Morgan fingerprint density at radius 1 is 1.09 bits per heavy atom. The zero-order chi connectivity index (χ0) is 15.5. The Hall–Kier alpha value is -1.91. The molecule has 0 aliphatic carbocycles. The van der Waals surface area contributed by atoms with Crippen molar-refractivity contribution in [2.45, 2.75) is 13.0 Å². The van der Waals surface area contributed by atoms with Crippen LogP contribution in [0.2, 0.25) is 0 Å². The van der Waals surface area contributed by atoms with E-state index in [4.69, 9.17) is 0 Å². The van der Waals surface area contributed by atoms with Gasteiger partial charge in [-0.1, -0.05) is 29.8 Å². The average molecular weight is 300 g/mol. The maximum atomic E-state index is 13.3. The first-order chi connectivity index (χ1) is 10.6. The lowest BCUT2D eigenvalue weighted by molar-refractivity contribution is 0.195. The van der Waals surface area contributed by atoms with Gasteiger partial charge >= 0.3 is 0 Å². The third-order valence-electron chi connectivity index (χ3n) is 4.18. The fraction of sp³-hybridized carbons (Fsp3) is 0.333. The van der Waals surface area contributed by atoms with Crippen LogP contribution in [0.3, 0.4) is 0 Å². The van der Waals surface area contributed by atoms with E-state index in [1.165, 1.54) is 12.1 Å². The number of halogens is 1. The van der Waals surface area contributed by atoms with Crippen LogP contribution in [-0.4, -0.2) is 36.2 Å². The smallest absolute Gasteiger partial charge is 0.123 e. The van der Waals surface area contributed by atoms with E-state index in [0.717, 1.165) is 42.9 Å². The van der Waals surface area contributed by atoms with Gasteiger partial charge in [0.25, 0.3) is 0 Å². The van der Waals surface area contributed by atoms with Crippen LogP contribution in [-0.2, 0) is 0 Å². The second-order valence-electron chi connectivity index (χ2n) is 5.80. The van der Waals surface area contributed by atoms with E-state index in [1.54, 1.807) is 6.07 Å². The molecule has 2 N–H and O–H groups in total. The summed E-state index contributed by atoms with van der Waals surface area (Å²) in [7, 11) is 0. The minimum atomic E-state index is -0.240. The lowest BCUT2D eigenvalue weighted by Crippen LogP contribution is -2.45. The molecule has 0 bridgehead atoms. The van der Waals surface area contributed by atoms with Gasteiger partial charge in [0.2, 0.25) is 0 Å². The van der Waals surface area contributed by atoms with Gasteiger partial charge in [-0.05, 0) is 30.7 Å². The highest BCUT2D eigenvalue weighted by Gasteiger charge is 2.26. The van der Waals surface area contributed by atoms with Crippen LogP contribution in [0.4, 0.5) is 4.39 Å². The largest absolute Gasteiger partial charge is 0.508 e. The number of hydrogen-bond donors (Lipinski definition) is 2. The van der Waals surface area contributed by atoms with Crippen LogP contribution in [0, 0.1) is 12.7 Å². The molecule has 3 nitrogen and oxygen atoms in total. The summed E-state index contributed by atoms with van der Waals surface area (Å²) in [5.41, 5.74) is 2.99. The van der Waals surface area contributed by atoms with Crippen molar-refractivity contribution in [3.63, 3.8) is 0 Å². The molecule has 0 spiro atoms. The summed E-state index contributed by atoms with van der Waals surface area (Å²) in [4.78, 5) is 2.33. The van der Waals surface area contributed by atoms with E-state index in [-0.39, 0.29) is 11.9 Å². The summed E-state index contributed by atoms with van der Waals surface area (Å²) >= 11 is 0. The van der Waals surface area contributed by atoms with Gasteiger partial charge in [0, 0.05) is 31.7 Å².